The molecule has 0 aromatic carbocycles. The zero-order valence-corrected chi connectivity index (χ0v) is 12.5. The summed E-state index contributed by atoms with van der Waals surface area (Å²) in [6, 6.07) is 0. The van der Waals surface area contributed by atoms with Crippen LogP contribution in [0.3, 0.4) is 0 Å². The Kier molecular flexibility index (Phi) is 6.54. The molecule has 0 heterocycles. The van der Waals surface area contributed by atoms with Gasteiger partial charge in [-0.1, -0.05) is 51.9 Å². The second kappa shape index (κ2) is 7.41. The van der Waals surface area contributed by atoms with Gasteiger partial charge >= 0.3 is 0 Å². The highest BCUT2D eigenvalue weighted by Gasteiger charge is 2.17. The largest absolute Gasteiger partial charge is 0.312 e. The van der Waals surface area contributed by atoms with Crippen LogP contribution in [0.15, 0.2) is 0 Å². The Morgan fingerprint density at radius 2 is 1.76 bits per heavy atom. The normalized spacial score (nSPS) is 20.5. The van der Waals surface area contributed by atoms with Crippen LogP contribution < -0.4 is 5.32 Å². The second-order valence-corrected chi connectivity index (χ2v) is 6.99. The van der Waals surface area contributed by atoms with Gasteiger partial charge in [0.1, 0.15) is 0 Å². The number of hydrogen-bond acceptors (Lipinski definition) is 1. The topological polar surface area (TPSA) is 12.0 Å². The Labute approximate surface area is 109 Å². The van der Waals surface area contributed by atoms with E-state index in [1.165, 1.54) is 57.9 Å². The first-order valence-electron chi connectivity index (χ1n) is 7.76. The highest BCUT2D eigenvalue weighted by atomic mass is 14.9. The van der Waals surface area contributed by atoms with Gasteiger partial charge in [-0.05, 0) is 45.6 Å². The van der Waals surface area contributed by atoms with E-state index in [9.17, 15) is 0 Å². The summed E-state index contributed by atoms with van der Waals surface area (Å²) in [5.41, 5.74) is 0.276. The highest BCUT2D eigenvalue weighted by Crippen LogP contribution is 2.29. The summed E-state index contributed by atoms with van der Waals surface area (Å²) in [4.78, 5) is 0. The van der Waals surface area contributed by atoms with Gasteiger partial charge in [0.25, 0.3) is 0 Å². The van der Waals surface area contributed by atoms with Crippen molar-refractivity contribution in [1.29, 1.82) is 0 Å². The Bertz CT molecular complexity index is 186. The summed E-state index contributed by atoms with van der Waals surface area (Å²) >= 11 is 0. The van der Waals surface area contributed by atoms with Crippen molar-refractivity contribution in [2.45, 2.75) is 84.6 Å². The Balaban J connectivity index is 2.17. The van der Waals surface area contributed by atoms with Crippen molar-refractivity contribution in [2.75, 3.05) is 6.54 Å². The first-order chi connectivity index (χ1) is 8.01. The lowest BCUT2D eigenvalue weighted by Gasteiger charge is -2.27. The van der Waals surface area contributed by atoms with Gasteiger partial charge in [-0.3, -0.25) is 0 Å². The summed E-state index contributed by atoms with van der Waals surface area (Å²) in [5, 5.41) is 3.66. The fourth-order valence-corrected chi connectivity index (χ4v) is 2.85. The van der Waals surface area contributed by atoms with Crippen molar-refractivity contribution in [3.05, 3.63) is 0 Å². The Morgan fingerprint density at radius 3 is 2.29 bits per heavy atom. The molecule has 1 nitrogen and oxygen atoms in total. The van der Waals surface area contributed by atoms with Gasteiger partial charge in [-0.15, -0.1) is 0 Å². The van der Waals surface area contributed by atoms with Gasteiger partial charge in [-0.25, -0.2) is 0 Å². The highest BCUT2D eigenvalue weighted by molar-refractivity contribution is 4.74. The molecule has 0 bridgehead atoms. The van der Waals surface area contributed by atoms with Crippen molar-refractivity contribution in [2.24, 2.45) is 11.8 Å². The van der Waals surface area contributed by atoms with Gasteiger partial charge in [0.05, 0.1) is 0 Å². The zero-order chi connectivity index (χ0) is 12.7. The molecule has 0 spiro atoms. The predicted octanol–water partition coefficient (Wildman–Crippen LogP) is 4.76. The van der Waals surface area contributed by atoms with E-state index in [1.807, 2.05) is 0 Å². The maximum Gasteiger partial charge on any atom is 0.00966 e. The van der Waals surface area contributed by atoms with E-state index in [1.54, 1.807) is 0 Å². The quantitative estimate of drug-likeness (QED) is 0.704. The lowest BCUT2D eigenvalue weighted by atomic mass is 9.83. The number of nitrogens with one attached hydrogen (secondary N) is 1. The number of hydrogen-bond donors (Lipinski definition) is 1. The van der Waals surface area contributed by atoms with Crippen molar-refractivity contribution >= 4 is 0 Å². The molecular weight excluding hydrogens is 206 g/mol. The van der Waals surface area contributed by atoms with E-state index in [-0.39, 0.29) is 5.54 Å². The molecule has 0 aromatic heterocycles. The monoisotopic (exact) mass is 239 g/mol. The summed E-state index contributed by atoms with van der Waals surface area (Å²) in [7, 11) is 0. The first-order valence-corrected chi connectivity index (χ1v) is 7.76. The molecule has 1 rings (SSSR count). The van der Waals surface area contributed by atoms with E-state index < -0.39 is 0 Å². The SMILES string of the molecule is CCC(CCC1CCCCC1)CNC(C)(C)C. The summed E-state index contributed by atoms with van der Waals surface area (Å²) in [5.74, 6) is 1.93. The molecule has 1 fully saturated rings. The molecule has 0 saturated heterocycles. The van der Waals surface area contributed by atoms with Gasteiger partial charge < -0.3 is 5.32 Å². The molecule has 1 atom stereocenters. The van der Waals surface area contributed by atoms with Gasteiger partial charge in [0, 0.05) is 5.54 Å². The van der Waals surface area contributed by atoms with Gasteiger partial charge in [0.15, 0.2) is 0 Å². The third-order valence-electron chi connectivity index (χ3n) is 4.21. The summed E-state index contributed by atoms with van der Waals surface area (Å²) in [6.45, 7) is 10.3. The molecular formula is C16H33N. The summed E-state index contributed by atoms with van der Waals surface area (Å²) < 4.78 is 0. The molecule has 1 unspecified atom stereocenters. The predicted molar refractivity (Wildman–Crippen MR) is 77.3 cm³/mol. The molecule has 1 aliphatic carbocycles. The Hall–Kier alpha value is -0.0400. The van der Waals surface area contributed by atoms with Crippen LogP contribution in [0.4, 0.5) is 0 Å². The van der Waals surface area contributed by atoms with E-state index >= 15 is 0 Å². The smallest absolute Gasteiger partial charge is 0.00966 e. The Morgan fingerprint density at radius 1 is 1.12 bits per heavy atom. The first kappa shape index (κ1) is 15.0. The molecule has 0 aliphatic heterocycles. The zero-order valence-electron chi connectivity index (χ0n) is 12.5. The lowest BCUT2D eigenvalue weighted by Crippen LogP contribution is -2.39. The van der Waals surface area contributed by atoms with Crippen LogP contribution >= 0.6 is 0 Å². The van der Waals surface area contributed by atoms with Crippen LogP contribution in [0.2, 0.25) is 0 Å². The average Bonchev–Trinajstić information content (AvgIpc) is 2.29. The maximum absolute atomic E-state index is 3.66. The van der Waals surface area contributed by atoms with Crippen LogP contribution in [0, 0.1) is 11.8 Å². The minimum absolute atomic E-state index is 0.276. The van der Waals surface area contributed by atoms with Crippen LogP contribution in [0.25, 0.3) is 0 Å². The maximum atomic E-state index is 3.66. The van der Waals surface area contributed by atoms with Crippen molar-refractivity contribution < 1.29 is 0 Å². The molecule has 1 aliphatic rings. The molecule has 0 aromatic rings. The molecule has 0 radical (unpaired) electrons. The molecule has 102 valence electrons. The molecule has 1 saturated carbocycles. The van der Waals surface area contributed by atoms with E-state index in [2.05, 4.69) is 33.0 Å². The van der Waals surface area contributed by atoms with Crippen molar-refractivity contribution in [3.63, 3.8) is 0 Å². The third kappa shape index (κ3) is 7.08. The summed E-state index contributed by atoms with van der Waals surface area (Å²) in [6.07, 6.45) is 11.7. The lowest BCUT2D eigenvalue weighted by molar-refractivity contribution is 0.288. The van der Waals surface area contributed by atoms with E-state index in [0.29, 0.717) is 0 Å². The molecule has 1 N–H and O–H groups in total. The van der Waals surface area contributed by atoms with E-state index in [0.717, 1.165) is 11.8 Å². The minimum atomic E-state index is 0.276. The molecule has 0 amide bonds. The van der Waals surface area contributed by atoms with Crippen LogP contribution in [-0.2, 0) is 0 Å². The second-order valence-electron chi connectivity index (χ2n) is 6.99. The van der Waals surface area contributed by atoms with Crippen LogP contribution in [0.5, 0.6) is 0 Å². The van der Waals surface area contributed by atoms with Crippen molar-refractivity contribution in [3.8, 4) is 0 Å². The minimum Gasteiger partial charge on any atom is -0.312 e. The van der Waals surface area contributed by atoms with Gasteiger partial charge in [-0.2, -0.15) is 0 Å². The van der Waals surface area contributed by atoms with E-state index in [4.69, 9.17) is 0 Å². The molecule has 1 heteroatoms. The number of rotatable bonds is 6. The third-order valence-corrected chi connectivity index (χ3v) is 4.21. The van der Waals surface area contributed by atoms with Crippen molar-refractivity contribution in [1.82, 2.24) is 5.32 Å². The standard InChI is InChI=1S/C16H33N/c1-5-14(13-17-16(2,3)4)11-12-15-9-7-6-8-10-15/h14-15,17H,5-13H2,1-4H3. The fourth-order valence-electron chi connectivity index (χ4n) is 2.85. The van der Waals surface area contributed by atoms with Crippen LogP contribution in [0.1, 0.15) is 79.1 Å². The van der Waals surface area contributed by atoms with Gasteiger partial charge in [0.2, 0.25) is 0 Å². The molecule has 17 heavy (non-hydrogen) atoms. The fraction of sp³-hybridized carbons (Fsp3) is 1.00. The van der Waals surface area contributed by atoms with Crippen LogP contribution in [-0.4, -0.2) is 12.1 Å². The average molecular weight is 239 g/mol.